The number of aliphatic hydroxyl groups is 1. The Morgan fingerprint density at radius 3 is 2.53 bits per heavy atom. The summed E-state index contributed by atoms with van der Waals surface area (Å²) in [6.45, 7) is 5.48. The second-order valence-electron chi connectivity index (χ2n) is 5.81. The van der Waals surface area contributed by atoms with Crippen LogP contribution in [0.2, 0.25) is 0 Å². The zero-order valence-corrected chi connectivity index (χ0v) is 12.4. The molecular formula is C12H24N2O4S. The Labute approximate surface area is 115 Å². The second-order valence-corrected chi connectivity index (χ2v) is 7.48. The van der Waals surface area contributed by atoms with E-state index < -0.39 is 15.7 Å². The van der Waals surface area contributed by atoms with Crippen LogP contribution in [0, 0.1) is 5.92 Å². The average Bonchev–Trinajstić information content (AvgIpc) is 2.68. The van der Waals surface area contributed by atoms with Crippen molar-refractivity contribution < 1.29 is 18.3 Å². The summed E-state index contributed by atoms with van der Waals surface area (Å²) >= 11 is 0. The van der Waals surface area contributed by atoms with Crippen molar-refractivity contribution in [2.45, 2.75) is 44.8 Å². The minimum absolute atomic E-state index is 0.114. The number of hydrogen-bond acceptors (Lipinski definition) is 4. The van der Waals surface area contributed by atoms with Crippen molar-refractivity contribution in [1.82, 2.24) is 9.03 Å². The second kappa shape index (κ2) is 5.65. The fraction of sp³-hybridized carbons (Fsp3) is 1.00. The summed E-state index contributed by atoms with van der Waals surface area (Å²) in [5.74, 6) is 0.232. The first kappa shape index (κ1) is 15.2. The van der Waals surface area contributed by atoms with Gasteiger partial charge in [-0.05, 0) is 39.0 Å². The molecule has 6 nitrogen and oxygen atoms in total. The fourth-order valence-corrected chi connectivity index (χ4v) is 4.34. The Morgan fingerprint density at radius 1 is 1.42 bits per heavy atom. The van der Waals surface area contributed by atoms with E-state index in [1.165, 1.54) is 4.31 Å². The molecule has 2 unspecified atom stereocenters. The number of ether oxygens (including phenoxy) is 1. The van der Waals surface area contributed by atoms with Gasteiger partial charge in [0.2, 0.25) is 0 Å². The van der Waals surface area contributed by atoms with Gasteiger partial charge < -0.3 is 9.84 Å². The molecule has 0 aromatic rings. The van der Waals surface area contributed by atoms with Crippen LogP contribution < -0.4 is 4.72 Å². The topological polar surface area (TPSA) is 78.9 Å². The molecule has 7 heteroatoms. The molecule has 2 heterocycles. The normalized spacial score (nSPS) is 34.8. The Hall–Kier alpha value is -0.210. The minimum Gasteiger partial charge on any atom is -0.396 e. The quantitative estimate of drug-likeness (QED) is 0.770. The van der Waals surface area contributed by atoms with Gasteiger partial charge in [0.15, 0.2) is 0 Å². The Morgan fingerprint density at radius 2 is 2.05 bits per heavy atom. The lowest BCUT2D eigenvalue weighted by molar-refractivity contribution is 0.0947. The first-order valence-corrected chi connectivity index (χ1v) is 8.33. The van der Waals surface area contributed by atoms with Gasteiger partial charge in [-0.15, -0.1) is 0 Å². The third kappa shape index (κ3) is 3.28. The third-order valence-electron chi connectivity index (χ3n) is 4.42. The maximum atomic E-state index is 12.4. The highest BCUT2D eigenvalue weighted by molar-refractivity contribution is 7.87. The van der Waals surface area contributed by atoms with Gasteiger partial charge in [0, 0.05) is 26.3 Å². The highest BCUT2D eigenvalue weighted by Gasteiger charge is 2.42. The molecule has 0 saturated carbocycles. The molecular weight excluding hydrogens is 268 g/mol. The van der Waals surface area contributed by atoms with Crippen molar-refractivity contribution >= 4 is 10.2 Å². The molecule has 2 aliphatic heterocycles. The fourth-order valence-electron chi connectivity index (χ4n) is 2.66. The molecule has 0 aromatic carbocycles. The first-order chi connectivity index (χ1) is 8.87. The van der Waals surface area contributed by atoms with Gasteiger partial charge in [-0.2, -0.15) is 17.4 Å². The third-order valence-corrected chi connectivity index (χ3v) is 6.19. The molecule has 2 aliphatic rings. The van der Waals surface area contributed by atoms with Crippen LogP contribution in [0.15, 0.2) is 0 Å². The Bertz CT molecular complexity index is 406. The Balaban J connectivity index is 1.99. The van der Waals surface area contributed by atoms with Crippen molar-refractivity contribution in [1.29, 1.82) is 0 Å². The van der Waals surface area contributed by atoms with Crippen molar-refractivity contribution in [3.05, 3.63) is 0 Å². The van der Waals surface area contributed by atoms with E-state index in [0.717, 1.165) is 12.8 Å². The van der Waals surface area contributed by atoms with Gasteiger partial charge in [-0.1, -0.05) is 0 Å². The van der Waals surface area contributed by atoms with E-state index in [9.17, 15) is 8.42 Å². The zero-order chi connectivity index (χ0) is 14.1. The summed E-state index contributed by atoms with van der Waals surface area (Å²) in [7, 11) is -3.47. The molecule has 2 rings (SSSR count). The molecule has 2 fully saturated rings. The summed E-state index contributed by atoms with van der Waals surface area (Å²) in [4.78, 5) is 0. The SMILES string of the molecule is CC1OCCC1(C)NS(=O)(=O)N1CCC(CO)CC1. The van der Waals surface area contributed by atoms with Crippen LogP contribution in [0.1, 0.15) is 33.1 Å². The van der Waals surface area contributed by atoms with Crippen molar-refractivity contribution in [2.75, 3.05) is 26.3 Å². The standard InChI is InChI=1S/C12H24N2O4S/c1-10-12(2,5-8-18-10)13-19(16,17)14-6-3-11(9-15)4-7-14/h10-11,13,15H,3-9H2,1-2H3. The number of nitrogens with zero attached hydrogens (tertiary/aromatic N) is 1. The zero-order valence-electron chi connectivity index (χ0n) is 11.6. The maximum Gasteiger partial charge on any atom is 0.280 e. The predicted molar refractivity (Wildman–Crippen MR) is 71.9 cm³/mol. The molecule has 0 amide bonds. The first-order valence-electron chi connectivity index (χ1n) is 6.89. The molecule has 0 aromatic heterocycles. The smallest absolute Gasteiger partial charge is 0.280 e. The van der Waals surface area contributed by atoms with Crippen LogP contribution in [0.4, 0.5) is 0 Å². The molecule has 2 N–H and O–H groups in total. The summed E-state index contributed by atoms with van der Waals surface area (Å²) in [6, 6.07) is 0. The van der Waals surface area contributed by atoms with Gasteiger partial charge in [-0.3, -0.25) is 0 Å². The highest BCUT2D eigenvalue weighted by Crippen LogP contribution is 2.27. The van der Waals surface area contributed by atoms with Gasteiger partial charge in [0.1, 0.15) is 0 Å². The number of piperidine rings is 1. The van der Waals surface area contributed by atoms with E-state index in [1.54, 1.807) is 0 Å². The molecule has 112 valence electrons. The van der Waals surface area contributed by atoms with E-state index >= 15 is 0 Å². The number of rotatable bonds is 4. The lowest BCUT2D eigenvalue weighted by Gasteiger charge is -2.35. The van der Waals surface area contributed by atoms with Gasteiger partial charge in [0.25, 0.3) is 10.2 Å². The van der Waals surface area contributed by atoms with Gasteiger partial charge in [0.05, 0.1) is 11.6 Å². The lowest BCUT2D eigenvalue weighted by Crippen LogP contribution is -2.56. The highest BCUT2D eigenvalue weighted by atomic mass is 32.2. The summed E-state index contributed by atoms with van der Waals surface area (Å²) in [5.41, 5.74) is -0.521. The number of hydrogen-bond donors (Lipinski definition) is 2. The van der Waals surface area contributed by atoms with E-state index in [0.29, 0.717) is 26.1 Å². The minimum atomic E-state index is -3.47. The van der Waals surface area contributed by atoms with Crippen LogP contribution in [-0.4, -0.2) is 55.8 Å². The molecule has 2 atom stereocenters. The monoisotopic (exact) mass is 292 g/mol. The molecule has 2 saturated heterocycles. The van der Waals surface area contributed by atoms with E-state index in [-0.39, 0.29) is 18.6 Å². The number of nitrogens with one attached hydrogen (secondary N) is 1. The maximum absolute atomic E-state index is 12.4. The Kier molecular flexibility index (Phi) is 4.52. The van der Waals surface area contributed by atoms with Crippen LogP contribution in [0.3, 0.4) is 0 Å². The summed E-state index contributed by atoms with van der Waals surface area (Å²) in [5, 5.41) is 9.09. The van der Waals surface area contributed by atoms with E-state index in [1.807, 2.05) is 13.8 Å². The largest absolute Gasteiger partial charge is 0.396 e. The predicted octanol–water partition coefficient (Wildman–Crippen LogP) is 0.0926. The van der Waals surface area contributed by atoms with Crippen molar-refractivity contribution in [3.63, 3.8) is 0 Å². The van der Waals surface area contributed by atoms with Crippen LogP contribution in [0.5, 0.6) is 0 Å². The average molecular weight is 292 g/mol. The van der Waals surface area contributed by atoms with Crippen molar-refractivity contribution in [2.24, 2.45) is 5.92 Å². The van der Waals surface area contributed by atoms with Crippen molar-refractivity contribution in [3.8, 4) is 0 Å². The molecule has 19 heavy (non-hydrogen) atoms. The van der Waals surface area contributed by atoms with E-state index in [2.05, 4.69) is 4.72 Å². The number of aliphatic hydroxyl groups excluding tert-OH is 1. The van der Waals surface area contributed by atoms with Crippen LogP contribution in [0.25, 0.3) is 0 Å². The summed E-state index contributed by atoms with van der Waals surface area (Å²) < 4.78 is 34.5. The van der Waals surface area contributed by atoms with Gasteiger partial charge >= 0.3 is 0 Å². The molecule has 0 radical (unpaired) electrons. The van der Waals surface area contributed by atoms with Gasteiger partial charge in [-0.25, -0.2) is 0 Å². The molecule has 0 bridgehead atoms. The van der Waals surface area contributed by atoms with Crippen LogP contribution >= 0.6 is 0 Å². The van der Waals surface area contributed by atoms with Crippen LogP contribution in [-0.2, 0) is 14.9 Å². The lowest BCUT2D eigenvalue weighted by atomic mass is 9.97. The van der Waals surface area contributed by atoms with E-state index in [4.69, 9.17) is 9.84 Å². The molecule has 0 spiro atoms. The summed E-state index contributed by atoms with van der Waals surface area (Å²) in [6.07, 6.45) is 2.03. The molecule has 0 aliphatic carbocycles.